The van der Waals surface area contributed by atoms with E-state index in [0.717, 1.165) is 18.2 Å². The topological polar surface area (TPSA) is 36.9 Å². The Hall–Kier alpha value is -1.61. The molecule has 35 heavy (non-hydrogen) atoms. The van der Waals surface area contributed by atoms with E-state index >= 15 is 0 Å². The average molecular weight is 552 g/mol. The molecule has 3 aliphatic heterocycles. The van der Waals surface area contributed by atoms with Gasteiger partial charge in [-0.1, -0.05) is 0 Å². The number of hydrogen-bond acceptors (Lipinski definition) is 4. The fraction of sp³-hybridized carbons (Fsp3) is 0.556. The Bertz CT molecular complexity index is 1020. The summed E-state index contributed by atoms with van der Waals surface area (Å²) in [6, 6.07) is 3.69. The Labute approximate surface area is 188 Å². The van der Waals surface area contributed by atoms with Crippen molar-refractivity contribution < 1.29 is 70.8 Å². The number of alkyl halides is 12. The van der Waals surface area contributed by atoms with Gasteiger partial charge in [0.15, 0.2) is 0 Å². The number of halogens is 12. The van der Waals surface area contributed by atoms with Crippen LogP contribution >= 0.6 is 7.51 Å². The normalized spacial score (nSPS) is 28.7. The van der Waals surface area contributed by atoms with Gasteiger partial charge in [0.05, 0.1) is 0 Å². The van der Waals surface area contributed by atoms with E-state index in [1.165, 1.54) is 6.92 Å². The first-order chi connectivity index (χ1) is 15.7. The van der Waals surface area contributed by atoms with Crippen LogP contribution in [0.3, 0.4) is 0 Å². The SMILES string of the molecule is CC1COP23(OC1)OC(C(F)(F)F)(C(F)(F)F)C(c1ccccc1)=C2C(C(F)(F)F)(C(F)(F)F)O3. The maximum atomic E-state index is 14.3. The summed E-state index contributed by atoms with van der Waals surface area (Å²) in [4.78, 5) is 0. The number of hydrogen-bond donors (Lipinski definition) is 0. The second kappa shape index (κ2) is 7.03. The van der Waals surface area contributed by atoms with Gasteiger partial charge in [0.2, 0.25) is 0 Å². The molecule has 3 heterocycles. The van der Waals surface area contributed by atoms with Crippen molar-refractivity contribution >= 4 is 13.1 Å². The van der Waals surface area contributed by atoms with Gasteiger partial charge >= 0.3 is 187 Å². The Morgan fingerprint density at radius 3 is 1.49 bits per heavy atom. The summed E-state index contributed by atoms with van der Waals surface area (Å²) in [7, 11) is -6.96. The molecule has 0 unspecified atom stereocenters. The predicted octanol–water partition coefficient (Wildman–Crippen LogP) is 7.08. The van der Waals surface area contributed by atoms with Crippen molar-refractivity contribution in [1.29, 1.82) is 0 Å². The van der Waals surface area contributed by atoms with E-state index in [4.69, 9.17) is 9.05 Å². The second-order valence-corrected chi connectivity index (χ2v) is 11.1. The van der Waals surface area contributed by atoms with Crippen molar-refractivity contribution in [3.05, 3.63) is 41.2 Å². The molecule has 4 rings (SSSR count). The van der Waals surface area contributed by atoms with Gasteiger partial charge in [-0.05, 0) is 0 Å². The van der Waals surface area contributed by atoms with Gasteiger partial charge in [-0.2, -0.15) is 0 Å². The fourth-order valence-corrected chi connectivity index (χ4v) is 8.94. The summed E-state index contributed by atoms with van der Waals surface area (Å²) >= 11 is 0. The molecular weight excluding hydrogens is 539 g/mol. The molecule has 0 atom stereocenters. The third kappa shape index (κ3) is 3.09. The van der Waals surface area contributed by atoms with Crippen molar-refractivity contribution in [3.8, 4) is 0 Å². The average Bonchev–Trinajstić information content (AvgIpc) is 2.88. The molecule has 0 amide bonds. The van der Waals surface area contributed by atoms with Gasteiger partial charge in [0.1, 0.15) is 0 Å². The Morgan fingerprint density at radius 1 is 0.686 bits per heavy atom. The molecule has 0 saturated carbocycles. The molecule has 0 aromatic heterocycles. The van der Waals surface area contributed by atoms with Gasteiger partial charge in [-0.25, -0.2) is 0 Å². The molecule has 3 aliphatic rings. The molecule has 1 aromatic carbocycles. The number of benzene rings is 1. The van der Waals surface area contributed by atoms with Crippen molar-refractivity contribution in [2.24, 2.45) is 5.92 Å². The molecule has 0 radical (unpaired) electrons. The molecule has 0 N–H and O–H groups in total. The minimum absolute atomic E-state index is 0.485. The van der Waals surface area contributed by atoms with Gasteiger partial charge in [0, 0.05) is 0 Å². The van der Waals surface area contributed by atoms with E-state index in [1.54, 1.807) is 0 Å². The monoisotopic (exact) mass is 552 g/mol. The van der Waals surface area contributed by atoms with Crippen LogP contribution in [0, 0.1) is 5.92 Å². The molecule has 0 bridgehead atoms. The molecule has 17 heteroatoms. The van der Waals surface area contributed by atoms with E-state index in [0.29, 0.717) is 12.1 Å². The molecule has 1 aromatic rings. The molecule has 198 valence electrons. The van der Waals surface area contributed by atoms with Crippen LogP contribution in [0.25, 0.3) is 5.57 Å². The van der Waals surface area contributed by atoms with E-state index in [2.05, 4.69) is 9.05 Å². The Balaban J connectivity index is 2.25. The summed E-state index contributed by atoms with van der Waals surface area (Å²) in [5, 5.41) is -2.55. The van der Waals surface area contributed by atoms with Gasteiger partial charge in [0.25, 0.3) is 0 Å². The third-order valence-corrected chi connectivity index (χ3v) is 9.33. The van der Waals surface area contributed by atoms with Crippen LogP contribution in [0.15, 0.2) is 35.6 Å². The van der Waals surface area contributed by atoms with Crippen LogP contribution in [0.1, 0.15) is 12.5 Å². The van der Waals surface area contributed by atoms with Crippen LogP contribution < -0.4 is 0 Å². The van der Waals surface area contributed by atoms with E-state index < -0.39 is 79.0 Å². The second-order valence-electron chi connectivity index (χ2n) is 8.13. The van der Waals surface area contributed by atoms with Crippen LogP contribution in [-0.2, 0) is 18.1 Å². The van der Waals surface area contributed by atoms with E-state index in [-0.39, 0.29) is 0 Å². The first-order valence-electron chi connectivity index (χ1n) is 9.51. The van der Waals surface area contributed by atoms with Crippen molar-refractivity contribution in [2.45, 2.75) is 42.8 Å². The summed E-state index contributed by atoms with van der Waals surface area (Å²) < 4.78 is 188. The van der Waals surface area contributed by atoms with Crippen LogP contribution in [0.5, 0.6) is 0 Å². The predicted molar refractivity (Wildman–Crippen MR) is 93.2 cm³/mol. The molecular formula is C18H13F12O4P. The molecule has 1 spiro atoms. The number of rotatable bonds is 1. The molecule has 2 fully saturated rings. The third-order valence-electron chi connectivity index (χ3n) is 5.70. The van der Waals surface area contributed by atoms with E-state index in [1.807, 2.05) is 0 Å². The zero-order valence-corrected chi connectivity index (χ0v) is 17.9. The molecule has 2 saturated heterocycles. The van der Waals surface area contributed by atoms with Crippen molar-refractivity contribution in [1.82, 2.24) is 0 Å². The molecule has 4 nitrogen and oxygen atoms in total. The summed E-state index contributed by atoms with van der Waals surface area (Å²) in [6.07, 6.45) is -26.4. The summed E-state index contributed by atoms with van der Waals surface area (Å²) in [5.74, 6) is -0.840. The first kappa shape index (κ1) is 26.5. The molecule has 0 aliphatic carbocycles. The summed E-state index contributed by atoms with van der Waals surface area (Å²) in [6.45, 7) is -0.533. The van der Waals surface area contributed by atoms with Crippen molar-refractivity contribution in [3.63, 3.8) is 0 Å². The Kier molecular flexibility index (Phi) is 5.31. The van der Waals surface area contributed by atoms with E-state index in [9.17, 15) is 52.7 Å². The standard InChI is InChI=1S/C18H13F12O4P/c1-9-7-31-35(32-8-9)12(14(34-35,17(25,26)27)18(28,29)30)11(10-5-3-2-4-6-10)13(33-35,15(19,20)21)16(22,23)24/h2-6,9H,7-8H2,1H3. The quantitative estimate of drug-likeness (QED) is 0.276. The summed E-state index contributed by atoms with van der Waals surface area (Å²) in [5.41, 5.74) is -15.1. The minimum atomic E-state index is -6.96. The van der Waals surface area contributed by atoms with Crippen LogP contribution in [-0.4, -0.2) is 49.1 Å². The van der Waals surface area contributed by atoms with Crippen LogP contribution in [0.4, 0.5) is 52.7 Å². The van der Waals surface area contributed by atoms with Gasteiger partial charge in [-0.15, -0.1) is 0 Å². The maximum absolute atomic E-state index is 14.3. The first-order valence-corrected chi connectivity index (χ1v) is 11.4. The van der Waals surface area contributed by atoms with Crippen LogP contribution in [0.2, 0.25) is 0 Å². The zero-order chi connectivity index (χ0) is 26.5. The van der Waals surface area contributed by atoms with Gasteiger partial charge < -0.3 is 0 Å². The zero-order valence-electron chi connectivity index (χ0n) is 17.0. The van der Waals surface area contributed by atoms with Gasteiger partial charge in [-0.3, -0.25) is 0 Å². The fourth-order valence-electron chi connectivity index (χ4n) is 4.27. The Morgan fingerprint density at radius 2 is 1.09 bits per heavy atom. The van der Waals surface area contributed by atoms with Crippen molar-refractivity contribution in [2.75, 3.05) is 13.2 Å².